The van der Waals surface area contributed by atoms with Gasteiger partial charge in [-0.25, -0.2) is 0 Å². The standard InChI is InChI=1S/C12H19NO3/c14-11-8-6-7(12(15)16)3-4-9(8)13-5-1-2-10(11)13/h7-11,14H,1-6H2,(H,15,16)/t7-,8-,9+,10-,11-/m1/s1. The molecule has 3 rings (SSSR count). The minimum atomic E-state index is -0.683. The first-order chi connectivity index (χ1) is 7.68. The van der Waals surface area contributed by atoms with E-state index in [0.717, 1.165) is 25.8 Å². The van der Waals surface area contributed by atoms with E-state index in [1.165, 1.54) is 6.42 Å². The minimum absolute atomic E-state index is 0.208. The summed E-state index contributed by atoms with van der Waals surface area (Å²) in [6, 6.07) is 0.778. The molecule has 5 atom stereocenters. The SMILES string of the molecule is O=C(O)[C@@H]1CC[C@H]2[C@@H](C1)[C@@H](O)[C@H]1CCCN12. The van der Waals surface area contributed by atoms with Gasteiger partial charge in [-0.3, -0.25) is 9.69 Å². The molecule has 2 saturated heterocycles. The molecule has 0 radical (unpaired) electrons. The lowest BCUT2D eigenvalue weighted by Gasteiger charge is -2.33. The molecule has 3 aliphatic rings. The number of rotatable bonds is 1. The Morgan fingerprint density at radius 1 is 1.19 bits per heavy atom. The van der Waals surface area contributed by atoms with E-state index in [2.05, 4.69) is 4.90 Å². The zero-order valence-corrected chi connectivity index (χ0v) is 9.38. The van der Waals surface area contributed by atoms with Gasteiger partial charge in [0, 0.05) is 18.0 Å². The normalized spacial score (nSPS) is 47.7. The van der Waals surface area contributed by atoms with Gasteiger partial charge < -0.3 is 10.2 Å². The summed E-state index contributed by atoms with van der Waals surface area (Å²) in [5, 5.41) is 19.3. The summed E-state index contributed by atoms with van der Waals surface area (Å²) < 4.78 is 0. The van der Waals surface area contributed by atoms with Crippen molar-refractivity contribution in [1.82, 2.24) is 4.90 Å². The van der Waals surface area contributed by atoms with E-state index >= 15 is 0 Å². The number of carboxylic acid groups (broad SMARTS) is 1. The third kappa shape index (κ3) is 1.39. The molecule has 0 unspecified atom stereocenters. The Balaban J connectivity index is 1.77. The van der Waals surface area contributed by atoms with Crippen LogP contribution in [0.3, 0.4) is 0 Å². The van der Waals surface area contributed by atoms with Gasteiger partial charge in [0.1, 0.15) is 0 Å². The van der Waals surface area contributed by atoms with Crippen LogP contribution in [0.15, 0.2) is 0 Å². The van der Waals surface area contributed by atoms with Crippen molar-refractivity contribution in [1.29, 1.82) is 0 Å². The van der Waals surface area contributed by atoms with E-state index in [1.54, 1.807) is 0 Å². The van der Waals surface area contributed by atoms with Gasteiger partial charge in [0.25, 0.3) is 0 Å². The van der Waals surface area contributed by atoms with Gasteiger partial charge in [-0.15, -0.1) is 0 Å². The number of carboxylic acids is 1. The van der Waals surface area contributed by atoms with E-state index < -0.39 is 5.97 Å². The zero-order valence-electron chi connectivity index (χ0n) is 9.38. The summed E-state index contributed by atoms with van der Waals surface area (Å²) in [7, 11) is 0. The van der Waals surface area contributed by atoms with Gasteiger partial charge in [-0.2, -0.15) is 0 Å². The summed E-state index contributed by atoms with van der Waals surface area (Å²) in [6.45, 7) is 1.10. The topological polar surface area (TPSA) is 60.8 Å². The zero-order chi connectivity index (χ0) is 11.3. The molecule has 0 bridgehead atoms. The average Bonchev–Trinajstić information content (AvgIpc) is 2.83. The summed E-state index contributed by atoms with van der Waals surface area (Å²) in [5.41, 5.74) is 0. The molecule has 0 amide bonds. The number of carbonyl (C=O) groups is 1. The van der Waals surface area contributed by atoms with Crippen LogP contribution in [-0.4, -0.2) is 45.8 Å². The number of aliphatic hydroxyl groups is 1. The van der Waals surface area contributed by atoms with E-state index in [9.17, 15) is 9.90 Å². The van der Waals surface area contributed by atoms with Crippen LogP contribution in [0, 0.1) is 11.8 Å². The maximum absolute atomic E-state index is 11.0. The van der Waals surface area contributed by atoms with Crippen molar-refractivity contribution >= 4 is 5.97 Å². The second-order valence-electron chi connectivity index (χ2n) is 5.52. The van der Waals surface area contributed by atoms with Crippen molar-refractivity contribution in [2.24, 2.45) is 11.8 Å². The Kier molecular flexibility index (Phi) is 2.44. The minimum Gasteiger partial charge on any atom is -0.481 e. The van der Waals surface area contributed by atoms with Gasteiger partial charge in [-0.1, -0.05) is 0 Å². The van der Waals surface area contributed by atoms with Gasteiger partial charge in [-0.05, 0) is 38.6 Å². The van der Waals surface area contributed by atoms with Crippen molar-refractivity contribution in [3.8, 4) is 0 Å². The fourth-order valence-corrected chi connectivity index (χ4v) is 4.07. The highest BCUT2D eigenvalue weighted by Gasteiger charge is 2.52. The highest BCUT2D eigenvalue weighted by atomic mass is 16.4. The van der Waals surface area contributed by atoms with Crippen LogP contribution in [0.2, 0.25) is 0 Å². The molecule has 1 aliphatic carbocycles. The van der Waals surface area contributed by atoms with Crippen LogP contribution in [0.4, 0.5) is 0 Å². The highest BCUT2D eigenvalue weighted by molar-refractivity contribution is 5.70. The summed E-state index contributed by atoms with van der Waals surface area (Å²) in [4.78, 5) is 13.4. The van der Waals surface area contributed by atoms with Crippen LogP contribution in [0.25, 0.3) is 0 Å². The van der Waals surface area contributed by atoms with Gasteiger partial charge in [0.2, 0.25) is 0 Å². The predicted octanol–water partition coefficient (Wildman–Crippen LogP) is 0.695. The van der Waals surface area contributed by atoms with E-state index in [0.29, 0.717) is 18.5 Å². The van der Waals surface area contributed by atoms with Crippen molar-refractivity contribution < 1.29 is 15.0 Å². The lowest BCUT2D eigenvalue weighted by Crippen LogP contribution is -2.39. The molecule has 3 fully saturated rings. The fraction of sp³-hybridized carbons (Fsp3) is 0.917. The van der Waals surface area contributed by atoms with Crippen molar-refractivity contribution in [2.75, 3.05) is 6.54 Å². The quantitative estimate of drug-likeness (QED) is 0.689. The summed E-state index contributed by atoms with van der Waals surface area (Å²) >= 11 is 0. The lowest BCUT2D eigenvalue weighted by atomic mass is 9.76. The number of hydrogen-bond donors (Lipinski definition) is 2. The number of hydrogen-bond acceptors (Lipinski definition) is 3. The van der Waals surface area contributed by atoms with Gasteiger partial charge in [0.15, 0.2) is 0 Å². The number of nitrogens with zero attached hydrogens (tertiary/aromatic N) is 1. The molecular formula is C12H19NO3. The maximum Gasteiger partial charge on any atom is 0.306 e. The van der Waals surface area contributed by atoms with Gasteiger partial charge >= 0.3 is 5.97 Å². The molecule has 0 aromatic rings. The van der Waals surface area contributed by atoms with Crippen LogP contribution in [0.1, 0.15) is 32.1 Å². The summed E-state index contributed by atoms with van der Waals surface area (Å²) in [6.07, 6.45) is 4.41. The largest absolute Gasteiger partial charge is 0.481 e. The van der Waals surface area contributed by atoms with Crippen LogP contribution in [0.5, 0.6) is 0 Å². The summed E-state index contributed by atoms with van der Waals surface area (Å²) in [5.74, 6) is -0.700. The lowest BCUT2D eigenvalue weighted by molar-refractivity contribution is -0.144. The third-order valence-electron chi connectivity index (χ3n) is 4.81. The molecule has 4 heteroatoms. The smallest absolute Gasteiger partial charge is 0.306 e. The number of aliphatic carboxylic acids is 1. The molecule has 0 aromatic carbocycles. The molecule has 0 spiro atoms. The fourth-order valence-electron chi connectivity index (χ4n) is 4.07. The Morgan fingerprint density at radius 3 is 2.75 bits per heavy atom. The second kappa shape index (κ2) is 3.70. The first-order valence-electron chi connectivity index (χ1n) is 6.35. The molecule has 2 heterocycles. The monoisotopic (exact) mass is 225 g/mol. The molecule has 2 N–H and O–H groups in total. The molecule has 90 valence electrons. The Morgan fingerprint density at radius 2 is 2.00 bits per heavy atom. The second-order valence-corrected chi connectivity index (χ2v) is 5.52. The third-order valence-corrected chi connectivity index (χ3v) is 4.81. The highest BCUT2D eigenvalue weighted by Crippen LogP contribution is 2.45. The van der Waals surface area contributed by atoms with Crippen LogP contribution < -0.4 is 0 Å². The van der Waals surface area contributed by atoms with E-state index in [1.807, 2.05) is 0 Å². The number of fused-ring (bicyclic) bond motifs is 3. The van der Waals surface area contributed by atoms with Crippen molar-refractivity contribution in [3.05, 3.63) is 0 Å². The molecule has 1 saturated carbocycles. The van der Waals surface area contributed by atoms with Crippen molar-refractivity contribution in [3.63, 3.8) is 0 Å². The molecule has 0 aromatic heterocycles. The first kappa shape index (κ1) is 10.5. The Hall–Kier alpha value is -0.610. The van der Waals surface area contributed by atoms with Gasteiger partial charge in [0.05, 0.1) is 12.0 Å². The first-order valence-corrected chi connectivity index (χ1v) is 6.35. The van der Waals surface area contributed by atoms with E-state index in [4.69, 9.17) is 5.11 Å². The molecular weight excluding hydrogens is 206 g/mol. The molecule has 16 heavy (non-hydrogen) atoms. The average molecular weight is 225 g/mol. The Labute approximate surface area is 95.2 Å². The predicted molar refractivity (Wildman–Crippen MR) is 58.0 cm³/mol. The maximum atomic E-state index is 11.0. The molecule has 2 aliphatic heterocycles. The molecule has 4 nitrogen and oxygen atoms in total. The van der Waals surface area contributed by atoms with Crippen LogP contribution >= 0.6 is 0 Å². The number of aliphatic hydroxyl groups excluding tert-OH is 1. The van der Waals surface area contributed by atoms with Crippen LogP contribution in [-0.2, 0) is 4.79 Å². The Bertz CT molecular complexity index is 307. The van der Waals surface area contributed by atoms with E-state index in [-0.39, 0.29) is 17.9 Å². The van der Waals surface area contributed by atoms with Crippen molar-refractivity contribution in [2.45, 2.75) is 50.3 Å².